The Morgan fingerprint density at radius 2 is 2.00 bits per heavy atom. The van der Waals surface area contributed by atoms with Crippen molar-refractivity contribution in [1.29, 1.82) is 0 Å². The number of carbonyl (C=O) groups is 2. The molecule has 0 saturated carbocycles. The van der Waals surface area contributed by atoms with Gasteiger partial charge in [-0.3, -0.25) is 9.10 Å². The average molecular weight is 222 g/mol. The molecule has 0 aliphatic rings. The maximum Gasteiger partial charge on any atom is 0.411 e. The van der Waals surface area contributed by atoms with E-state index in [1.807, 2.05) is 6.92 Å². The fourth-order valence-electron chi connectivity index (χ4n) is 0.737. The van der Waals surface area contributed by atoms with Crippen LogP contribution < -0.4 is 0 Å². The zero-order chi connectivity index (χ0) is 11.1. The average Bonchev–Trinajstić information content (AvgIpc) is 2.10. The number of amides is 2. The van der Waals surface area contributed by atoms with E-state index in [-0.39, 0.29) is 5.91 Å². The van der Waals surface area contributed by atoms with E-state index in [2.05, 4.69) is 0 Å². The van der Waals surface area contributed by atoms with E-state index < -0.39 is 6.16 Å². The first-order valence-electron chi connectivity index (χ1n) is 4.38. The SMILES string of the molecule is CCCCN(SN(C)C(=O)F)C(C)=O. The predicted octanol–water partition coefficient (Wildman–Crippen LogP) is 2.22. The third-order valence-corrected chi connectivity index (χ3v) is 2.56. The summed E-state index contributed by atoms with van der Waals surface area (Å²) in [5, 5.41) is 0. The van der Waals surface area contributed by atoms with Crippen LogP contribution in [0.3, 0.4) is 0 Å². The number of halogens is 1. The van der Waals surface area contributed by atoms with E-state index in [0.29, 0.717) is 6.54 Å². The summed E-state index contributed by atoms with van der Waals surface area (Å²) in [4.78, 5) is 21.3. The molecule has 0 spiro atoms. The summed E-state index contributed by atoms with van der Waals surface area (Å²) in [6, 6.07) is 0. The lowest BCUT2D eigenvalue weighted by Crippen LogP contribution is -2.28. The number of rotatable bonds is 5. The molecule has 0 atom stereocenters. The van der Waals surface area contributed by atoms with Crippen LogP contribution in [0.15, 0.2) is 0 Å². The molecule has 2 amide bonds. The molecule has 14 heavy (non-hydrogen) atoms. The number of hydrogen-bond acceptors (Lipinski definition) is 3. The van der Waals surface area contributed by atoms with Gasteiger partial charge in [-0.25, -0.2) is 9.10 Å². The number of unbranched alkanes of at least 4 members (excludes halogenated alkanes) is 1. The van der Waals surface area contributed by atoms with Crippen molar-refractivity contribution in [3.8, 4) is 0 Å². The summed E-state index contributed by atoms with van der Waals surface area (Å²) in [7, 11) is 1.29. The van der Waals surface area contributed by atoms with Crippen LogP contribution in [0.4, 0.5) is 9.18 Å². The molecule has 0 saturated heterocycles. The van der Waals surface area contributed by atoms with Gasteiger partial charge in [0.05, 0.1) is 12.1 Å². The van der Waals surface area contributed by atoms with Gasteiger partial charge in [0, 0.05) is 20.5 Å². The molecule has 0 aliphatic heterocycles. The quantitative estimate of drug-likeness (QED) is 0.407. The van der Waals surface area contributed by atoms with E-state index in [1.54, 1.807) is 0 Å². The molecule has 0 aromatic heterocycles. The van der Waals surface area contributed by atoms with Gasteiger partial charge in [0.2, 0.25) is 5.91 Å². The summed E-state index contributed by atoms with van der Waals surface area (Å²) >= 11 is 0.793. The second kappa shape index (κ2) is 6.64. The van der Waals surface area contributed by atoms with Crippen LogP contribution in [0.2, 0.25) is 0 Å². The number of hydrogen-bond donors (Lipinski definition) is 0. The van der Waals surface area contributed by atoms with Gasteiger partial charge in [0.1, 0.15) is 0 Å². The Hall–Kier alpha value is -0.780. The monoisotopic (exact) mass is 222 g/mol. The molecule has 0 aliphatic carbocycles. The summed E-state index contributed by atoms with van der Waals surface area (Å²) in [6.07, 6.45) is 0.219. The normalized spacial score (nSPS) is 9.71. The summed E-state index contributed by atoms with van der Waals surface area (Å²) in [5.74, 6) is -0.184. The second-order valence-electron chi connectivity index (χ2n) is 2.81. The topological polar surface area (TPSA) is 40.6 Å². The van der Waals surface area contributed by atoms with Crippen molar-refractivity contribution in [3.63, 3.8) is 0 Å². The largest absolute Gasteiger partial charge is 0.411 e. The minimum atomic E-state index is -1.56. The Balaban J connectivity index is 4.08. The van der Waals surface area contributed by atoms with E-state index in [4.69, 9.17) is 0 Å². The number of nitrogens with zero attached hydrogens (tertiary/aromatic N) is 2. The van der Waals surface area contributed by atoms with Gasteiger partial charge in [-0.05, 0) is 6.42 Å². The van der Waals surface area contributed by atoms with E-state index in [1.165, 1.54) is 18.3 Å². The minimum Gasteiger partial charge on any atom is -0.274 e. The Kier molecular flexibility index (Phi) is 6.27. The lowest BCUT2D eigenvalue weighted by atomic mass is 10.3. The molecule has 0 bridgehead atoms. The molecule has 0 unspecified atom stereocenters. The predicted molar refractivity (Wildman–Crippen MR) is 54.2 cm³/mol. The van der Waals surface area contributed by atoms with Crippen molar-refractivity contribution in [2.45, 2.75) is 26.7 Å². The molecule has 0 heterocycles. The summed E-state index contributed by atoms with van der Waals surface area (Å²) < 4.78 is 14.3. The third-order valence-electron chi connectivity index (χ3n) is 1.53. The van der Waals surface area contributed by atoms with Crippen molar-refractivity contribution in [2.75, 3.05) is 13.6 Å². The third kappa shape index (κ3) is 5.06. The maximum atomic E-state index is 12.2. The van der Waals surface area contributed by atoms with Crippen molar-refractivity contribution >= 4 is 24.2 Å². The molecule has 6 heteroatoms. The van der Waals surface area contributed by atoms with Crippen LogP contribution in [0, 0.1) is 0 Å². The Morgan fingerprint density at radius 1 is 1.43 bits per heavy atom. The van der Waals surface area contributed by atoms with Crippen molar-refractivity contribution in [2.24, 2.45) is 0 Å². The standard InChI is InChI=1S/C8H15FN2O2S/c1-4-5-6-11(7(2)12)14-10(3)8(9)13/h4-6H2,1-3H3. The lowest BCUT2D eigenvalue weighted by Gasteiger charge is -2.22. The van der Waals surface area contributed by atoms with Crippen molar-refractivity contribution in [3.05, 3.63) is 0 Å². The lowest BCUT2D eigenvalue weighted by molar-refractivity contribution is -0.123. The van der Waals surface area contributed by atoms with Gasteiger partial charge in [-0.2, -0.15) is 0 Å². The van der Waals surface area contributed by atoms with Crippen molar-refractivity contribution < 1.29 is 14.0 Å². The fraction of sp³-hybridized carbons (Fsp3) is 0.750. The van der Waals surface area contributed by atoms with E-state index in [0.717, 1.165) is 29.3 Å². The van der Waals surface area contributed by atoms with E-state index >= 15 is 0 Å². The molecule has 82 valence electrons. The van der Waals surface area contributed by atoms with Gasteiger partial charge in [-0.15, -0.1) is 4.39 Å². The van der Waals surface area contributed by atoms with Crippen LogP contribution in [0.1, 0.15) is 26.7 Å². The summed E-state index contributed by atoms with van der Waals surface area (Å²) in [5.41, 5.74) is 0. The van der Waals surface area contributed by atoms with E-state index in [9.17, 15) is 14.0 Å². The zero-order valence-electron chi connectivity index (χ0n) is 8.62. The molecule has 0 N–H and O–H groups in total. The highest BCUT2D eigenvalue weighted by atomic mass is 32.2. The highest BCUT2D eigenvalue weighted by Gasteiger charge is 2.15. The van der Waals surface area contributed by atoms with Gasteiger partial charge < -0.3 is 0 Å². The molecule has 4 nitrogen and oxygen atoms in total. The van der Waals surface area contributed by atoms with Crippen LogP contribution in [0.5, 0.6) is 0 Å². The highest BCUT2D eigenvalue weighted by molar-refractivity contribution is 7.95. The van der Waals surface area contributed by atoms with Crippen LogP contribution >= 0.6 is 12.1 Å². The Labute approximate surface area is 87.7 Å². The fourth-order valence-corrected chi connectivity index (χ4v) is 1.42. The first kappa shape index (κ1) is 13.2. The van der Waals surface area contributed by atoms with Crippen LogP contribution in [-0.2, 0) is 4.79 Å². The Morgan fingerprint density at radius 3 is 2.36 bits per heavy atom. The molecule has 0 radical (unpaired) electrons. The molecular weight excluding hydrogens is 207 g/mol. The smallest absolute Gasteiger partial charge is 0.274 e. The maximum absolute atomic E-state index is 12.2. The second-order valence-corrected chi connectivity index (χ2v) is 3.96. The molecular formula is C8H15FN2O2S. The zero-order valence-corrected chi connectivity index (χ0v) is 9.43. The van der Waals surface area contributed by atoms with Crippen LogP contribution in [-0.4, -0.2) is 34.3 Å². The van der Waals surface area contributed by atoms with Crippen LogP contribution in [0.25, 0.3) is 0 Å². The number of carbonyl (C=O) groups excluding carboxylic acids is 2. The minimum absolute atomic E-state index is 0.184. The van der Waals surface area contributed by atoms with Gasteiger partial charge >= 0.3 is 6.16 Å². The Bertz CT molecular complexity index is 214. The highest BCUT2D eigenvalue weighted by Crippen LogP contribution is 2.16. The van der Waals surface area contributed by atoms with Gasteiger partial charge in [-0.1, -0.05) is 13.3 Å². The first-order valence-corrected chi connectivity index (χ1v) is 5.11. The molecule has 0 rings (SSSR count). The molecule has 0 fully saturated rings. The van der Waals surface area contributed by atoms with Gasteiger partial charge in [0.15, 0.2) is 0 Å². The molecule has 0 aromatic carbocycles. The molecule has 0 aromatic rings. The summed E-state index contributed by atoms with van der Waals surface area (Å²) in [6.45, 7) is 3.90. The van der Waals surface area contributed by atoms with Gasteiger partial charge in [0.25, 0.3) is 0 Å². The first-order chi connectivity index (χ1) is 6.49. The van der Waals surface area contributed by atoms with Crippen molar-refractivity contribution in [1.82, 2.24) is 8.61 Å².